The van der Waals surface area contributed by atoms with E-state index in [1.165, 1.54) is 6.20 Å². The number of rotatable bonds is 5. The molecule has 1 aliphatic rings. The summed E-state index contributed by atoms with van der Waals surface area (Å²) in [5.41, 5.74) is 4.96. The number of ether oxygens (including phenoxy) is 1. The van der Waals surface area contributed by atoms with Crippen molar-refractivity contribution in [1.29, 1.82) is 0 Å². The highest BCUT2D eigenvalue weighted by atomic mass is 35.5. The second-order valence-electron chi connectivity index (χ2n) is 5.78. The lowest BCUT2D eigenvalue weighted by atomic mass is 10.0. The van der Waals surface area contributed by atoms with Gasteiger partial charge in [0.1, 0.15) is 5.75 Å². The zero-order chi connectivity index (χ0) is 16.3. The summed E-state index contributed by atoms with van der Waals surface area (Å²) in [6.07, 6.45) is 5.16. The van der Waals surface area contributed by atoms with E-state index < -0.39 is 5.60 Å². The van der Waals surface area contributed by atoms with Gasteiger partial charge in [0.25, 0.3) is 0 Å². The van der Waals surface area contributed by atoms with Crippen LogP contribution >= 0.6 is 11.6 Å². The molecule has 4 N–H and O–H groups in total. The van der Waals surface area contributed by atoms with Gasteiger partial charge in [0, 0.05) is 11.6 Å². The first-order valence-electron chi connectivity index (χ1n) is 7.56. The fraction of sp³-hybridized carbons (Fsp3) is 0.375. The minimum absolute atomic E-state index is 0.148. The molecule has 6 nitrogen and oxygen atoms in total. The topological polar surface area (TPSA) is 93.3 Å². The van der Waals surface area contributed by atoms with E-state index in [4.69, 9.17) is 22.1 Å². The SMILES string of the molecule is Nc1ncc(Oc2ccc(Cl)cc2)c(NCC2(O)CCCC2)n1. The minimum Gasteiger partial charge on any atom is -0.452 e. The third-order valence-electron chi connectivity index (χ3n) is 3.93. The van der Waals surface area contributed by atoms with Crippen LogP contribution in [0.3, 0.4) is 0 Å². The van der Waals surface area contributed by atoms with Gasteiger partial charge in [-0.05, 0) is 37.1 Å². The Balaban J connectivity index is 1.75. The van der Waals surface area contributed by atoms with Crippen molar-refractivity contribution in [2.24, 2.45) is 0 Å². The number of hydrogen-bond acceptors (Lipinski definition) is 6. The Morgan fingerprint density at radius 3 is 2.65 bits per heavy atom. The molecule has 1 fully saturated rings. The van der Waals surface area contributed by atoms with E-state index in [9.17, 15) is 5.11 Å². The van der Waals surface area contributed by atoms with Crippen LogP contribution in [-0.4, -0.2) is 27.2 Å². The lowest BCUT2D eigenvalue weighted by Gasteiger charge is -2.23. The lowest BCUT2D eigenvalue weighted by molar-refractivity contribution is 0.0613. The quantitative estimate of drug-likeness (QED) is 0.777. The van der Waals surface area contributed by atoms with Crippen molar-refractivity contribution < 1.29 is 9.84 Å². The first-order chi connectivity index (χ1) is 11.0. The molecular formula is C16H19ClN4O2. The summed E-state index contributed by atoms with van der Waals surface area (Å²) in [5, 5.41) is 14.2. The number of halogens is 1. The third kappa shape index (κ3) is 4.03. The van der Waals surface area contributed by atoms with E-state index in [0.717, 1.165) is 25.7 Å². The fourth-order valence-electron chi connectivity index (χ4n) is 2.67. The highest BCUT2D eigenvalue weighted by Gasteiger charge is 2.31. The molecule has 2 aromatic rings. The average molecular weight is 335 g/mol. The Kier molecular flexibility index (Phi) is 4.54. The van der Waals surface area contributed by atoms with Crippen molar-refractivity contribution >= 4 is 23.4 Å². The van der Waals surface area contributed by atoms with E-state index in [-0.39, 0.29) is 5.95 Å². The van der Waals surface area contributed by atoms with Crippen LogP contribution in [0.5, 0.6) is 11.5 Å². The van der Waals surface area contributed by atoms with Crippen molar-refractivity contribution in [1.82, 2.24) is 9.97 Å². The van der Waals surface area contributed by atoms with Crippen molar-refractivity contribution in [3.63, 3.8) is 0 Å². The Bertz CT molecular complexity index is 672. The van der Waals surface area contributed by atoms with Crippen LogP contribution in [0.15, 0.2) is 30.5 Å². The molecule has 0 atom stereocenters. The van der Waals surface area contributed by atoms with Crippen LogP contribution in [-0.2, 0) is 0 Å². The predicted octanol–water partition coefficient (Wildman–Crippen LogP) is 3.22. The molecule has 0 unspecified atom stereocenters. The fourth-order valence-corrected chi connectivity index (χ4v) is 2.80. The number of nitrogen functional groups attached to an aromatic ring is 1. The molecule has 3 rings (SSSR count). The van der Waals surface area contributed by atoms with Crippen molar-refractivity contribution in [2.75, 3.05) is 17.6 Å². The molecule has 7 heteroatoms. The molecule has 0 radical (unpaired) electrons. The molecule has 1 aromatic carbocycles. The molecule has 1 aromatic heterocycles. The summed E-state index contributed by atoms with van der Waals surface area (Å²) < 4.78 is 5.78. The van der Waals surface area contributed by atoms with Crippen LogP contribution in [0.1, 0.15) is 25.7 Å². The molecule has 0 amide bonds. The molecule has 0 saturated heterocycles. The van der Waals surface area contributed by atoms with Crippen LogP contribution in [0.25, 0.3) is 0 Å². The number of benzene rings is 1. The summed E-state index contributed by atoms with van der Waals surface area (Å²) in [6.45, 7) is 0.403. The highest BCUT2D eigenvalue weighted by Crippen LogP contribution is 2.32. The average Bonchev–Trinajstić information content (AvgIpc) is 2.97. The molecule has 0 aliphatic heterocycles. The van der Waals surface area contributed by atoms with Gasteiger partial charge in [-0.2, -0.15) is 4.98 Å². The second-order valence-corrected chi connectivity index (χ2v) is 6.22. The number of aromatic nitrogens is 2. The number of anilines is 2. The van der Waals surface area contributed by atoms with Gasteiger partial charge in [-0.25, -0.2) is 4.98 Å². The van der Waals surface area contributed by atoms with Crippen molar-refractivity contribution in [3.8, 4) is 11.5 Å². The molecule has 1 heterocycles. The monoisotopic (exact) mass is 334 g/mol. The van der Waals surface area contributed by atoms with Gasteiger partial charge in [0.15, 0.2) is 11.6 Å². The highest BCUT2D eigenvalue weighted by molar-refractivity contribution is 6.30. The number of nitrogens with one attached hydrogen (secondary N) is 1. The molecule has 0 spiro atoms. The smallest absolute Gasteiger partial charge is 0.222 e. The molecule has 1 saturated carbocycles. The number of aliphatic hydroxyl groups is 1. The zero-order valence-electron chi connectivity index (χ0n) is 12.6. The zero-order valence-corrected chi connectivity index (χ0v) is 13.4. The first-order valence-corrected chi connectivity index (χ1v) is 7.94. The second kappa shape index (κ2) is 6.60. The largest absolute Gasteiger partial charge is 0.452 e. The Hall–Kier alpha value is -2.05. The van der Waals surface area contributed by atoms with E-state index in [0.29, 0.717) is 28.9 Å². The summed E-state index contributed by atoms with van der Waals surface area (Å²) in [7, 11) is 0. The summed E-state index contributed by atoms with van der Waals surface area (Å²) in [6, 6.07) is 6.99. The van der Waals surface area contributed by atoms with Crippen LogP contribution < -0.4 is 15.8 Å². The maximum absolute atomic E-state index is 10.4. The van der Waals surface area contributed by atoms with Crippen LogP contribution in [0, 0.1) is 0 Å². The minimum atomic E-state index is -0.697. The van der Waals surface area contributed by atoms with E-state index in [1.54, 1.807) is 24.3 Å². The van der Waals surface area contributed by atoms with Gasteiger partial charge in [-0.1, -0.05) is 24.4 Å². The van der Waals surface area contributed by atoms with Crippen molar-refractivity contribution in [3.05, 3.63) is 35.5 Å². The molecular weight excluding hydrogens is 316 g/mol. The summed E-state index contributed by atoms with van der Waals surface area (Å²) in [4.78, 5) is 8.14. The van der Waals surface area contributed by atoms with E-state index in [2.05, 4.69) is 15.3 Å². The maximum atomic E-state index is 10.4. The van der Waals surface area contributed by atoms with Gasteiger partial charge in [-0.15, -0.1) is 0 Å². The standard InChI is InChI=1S/C16H19ClN4O2/c17-11-3-5-12(6-4-11)23-13-9-19-15(18)21-14(13)20-10-16(22)7-1-2-8-16/h3-6,9,22H,1-2,7-8,10H2,(H3,18,19,20,21). The third-order valence-corrected chi connectivity index (χ3v) is 4.19. The van der Waals surface area contributed by atoms with Crippen LogP contribution in [0.2, 0.25) is 5.02 Å². The Labute approximate surface area is 139 Å². The van der Waals surface area contributed by atoms with Gasteiger partial charge < -0.3 is 20.9 Å². The van der Waals surface area contributed by atoms with Crippen molar-refractivity contribution in [2.45, 2.75) is 31.3 Å². The normalized spacial score (nSPS) is 16.3. The van der Waals surface area contributed by atoms with Gasteiger partial charge in [-0.3, -0.25) is 0 Å². The van der Waals surface area contributed by atoms with Gasteiger partial charge >= 0.3 is 0 Å². The summed E-state index contributed by atoms with van der Waals surface area (Å²) in [5.74, 6) is 1.68. The number of hydrogen-bond donors (Lipinski definition) is 3. The van der Waals surface area contributed by atoms with Gasteiger partial charge in [0.05, 0.1) is 11.8 Å². The molecule has 1 aliphatic carbocycles. The van der Waals surface area contributed by atoms with E-state index in [1.807, 2.05) is 0 Å². The number of nitrogens with zero attached hydrogens (tertiary/aromatic N) is 2. The van der Waals surface area contributed by atoms with Gasteiger partial charge in [0.2, 0.25) is 5.95 Å². The maximum Gasteiger partial charge on any atom is 0.222 e. The lowest BCUT2D eigenvalue weighted by Crippen LogP contribution is -2.33. The first kappa shape index (κ1) is 15.8. The molecule has 23 heavy (non-hydrogen) atoms. The van der Waals surface area contributed by atoms with Crippen LogP contribution in [0.4, 0.5) is 11.8 Å². The predicted molar refractivity (Wildman–Crippen MR) is 89.9 cm³/mol. The summed E-state index contributed by atoms with van der Waals surface area (Å²) >= 11 is 5.87. The van der Waals surface area contributed by atoms with E-state index >= 15 is 0 Å². The Morgan fingerprint density at radius 1 is 1.26 bits per heavy atom. The molecule has 0 bridgehead atoms. The molecule has 122 valence electrons. The number of nitrogens with two attached hydrogens (primary N) is 1. The Morgan fingerprint density at radius 2 is 1.96 bits per heavy atom.